The first-order valence-electron chi connectivity index (χ1n) is 6.45. The van der Waals surface area contributed by atoms with E-state index in [9.17, 15) is 12.8 Å². The number of benzene rings is 1. The van der Waals surface area contributed by atoms with Gasteiger partial charge in [0.05, 0.1) is 5.69 Å². The summed E-state index contributed by atoms with van der Waals surface area (Å²) in [6.45, 7) is 1.52. The molecule has 9 heteroatoms. The lowest BCUT2D eigenvalue weighted by Crippen LogP contribution is -2.14. The fraction of sp³-hybridized carbons (Fsp3) is 0.0714. The zero-order valence-electron chi connectivity index (χ0n) is 11.8. The Hall–Kier alpha value is -2.13. The van der Waals surface area contributed by atoms with Crippen molar-refractivity contribution in [3.8, 4) is 11.5 Å². The summed E-state index contributed by atoms with van der Waals surface area (Å²) in [6, 6.07) is 7.07. The number of aromatic nitrogens is 2. The van der Waals surface area contributed by atoms with Crippen LogP contribution >= 0.6 is 15.9 Å². The van der Waals surface area contributed by atoms with E-state index < -0.39 is 15.8 Å². The average Bonchev–Trinajstić information content (AvgIpc) is 3.11. The second-order valence-electron chi connectivity index (χ2n) is 4.73. The highest BCUT2D eigenvalue weighted by molar-refractivity contribution is 9.10. The number of hydrogen-bond acceptors (Lipinski definition) is 4. The molecule has 0 amide bonds. The zero-order valence-corrected chi connectivity index (χ0v) is 14.2. The molecule has 0 aliphatic carbocycles. The van der Waals surface area contributed by atoms with E-state index in [4.69, 9.17) is 4.42 Å². The van der Waals surface area contributed by atoms with E-state index in [1.807, 2.05) is 0 Å². The molecule has 1 aromatic carbocycles. The number of furan rings is 1. The van der Waals surface area contributed by atoms with Gasteiger partial charge in [-0.3, -0.25) is 9.82 Å². The van der Waals surface area contributed by atoms with E-state index in [1.54, 1.807) is 12.1 Å². The number of H-pyrrole nitrogens is 1. The summed E-state index contributed by atoms with van der Waals surface area (Å²) >= 11 is 3.12. The van der Waals surface area contributed by atoms with Gasteiger partial charge in [0.1, 0.15) is 22.2 Å². The van der Waals surface area contributed by atoms with Crippen molar-refractivity contribution in [1.82, 2.24) is 10.2 Å². The summed E-state index contributed by atoms with van der Waals surface area (Å²) in [4.78, 5) is -0.0654. The molecule has 0 atom stereocenters. The number of rotatable bonds is 4. The lowest BCUT2D eigenvalue weighted by atomic mass is 10.3. The Kier molecular flexibility index (Phi) is 3.99. The van der Waals surface area contributed by atoms with Gasteiger partial charge in [0, 0.05) is 16.7 Å². The van der Waals surface area contributed by atoms with Crippen LogP contribution in [0.15, 0.2) is 50.3 Å². The summed E-state index contributed by atoms with van der Waals surface area (Å²) in [6.07, 6.45) is 1.52. The number of anilines is 1. The third-order valence-corrected chi connectivity index (χ3v) is 5.07. The molecule has 0 saturated carbocycles. The van der Waals surface area contributed by atoms with Gasteiger partial charge in [0.2, 0.25) is 0 Å². The third kappa shape index (κ3) is 3.15. The van der Waals surface area contributed by atoms with Crippen LogP contribution < -0.4 is 4.72 Å². The maximum Gasteiger partial charge on any atom is 0.265 e. The molecular weight excluding hydrogens is 389 g/mol. The molecule has 0 fully saturated rings. The predicted molar refractivity (Wildman–Crippen MR) is 85.9 cm³/mol. The summed E-state index contributed by atoms with van der Waals surface area (Å²) in [5.74, 6) is -0.158. The van der Waals surface area contributed by atoms with Gasteiger partial charge in [0.15, 0.2) is 5.76 Å². The van der Waals surface area contributed by atoms with Crippen molar-refractivity contribution >= 4 is 31.6 Å². The summed E-state index contributed by atoms with van der Waals surface area (Å²) in [5.41, 5.74) is 0.404. The van der Waals surface area contributed by atoms with E-state index in [0.29, 0.717) is 15.9 Å². The van der Waals surface area contributed by atoms with Crippen LogP contribution in [0.3, 0.4) is 0 Å². The topological polar surface area (TPSA) is 88.0 Å². The Labute approximate surface area is 139 Å². The molecule has 2 heterocycles. The summed E-state index contributed by atoms with van der Waals surface area (Å²) < 4.78 is 46.9. The number of nitrogens with zero attached hydrogens (tertiary/aromatic N) is 1. The van der Waals surface area contributed by atoms with E-state index in [0.717, 1.165) is 0 Å². The van der Waals surface area contributed by atoms with Gasteiger partial charge in [-0.05, 0) is 31.2 Å². The molecule has 0 unspecified atom stereocenters. The molecule has 0 aliphatic heterocycles. The molecule has 3 aromatic rings. The molecule has 6 nitrogen and oxygen atoms in total. The lowest BCUT2D eigenvalue weighted by molar-refractivity contribution is 0.533. The van der Waals surface area contributed by atoms with Gasteiger partial charge in [-0.2, -0.15) is 5.10 Å². The van der Waals surface area contributed by atoms with Crippen LogP contribution in [0.1, 0.15) is 5.76 Å². The molecule has 2 N–H and O–H groups in total. The first kappa shape index (κ1) is 15.8. The predicted octanol–water partition coefficient (Wildman–Crippen LogP) is 3.68. The number of aromatic amines is 1. The van der Waals surface area contributed by atoms with Gasteiger partial charge in [-0.25, -0.2) is 12.8 Å². The van der Waals surface area contributed by atoms with Crippen LogP contribution in [0, 0.1) is 12.7 Å². The van der Waals surface area contributed by atoms with Crippen LogP contribution in [0.4, 0.5) is 10.1 Å². The minimum absolute atomic E-state index is 0.0654. The Morgan fingerprint density at radius 3 is 2.74 bits per heavy atom. The number of aryl methyl sites for hydroxylation is 1. The highest BCUT2D eigenvalue weighted by atomic mass is 79.9. The van der Waals surface area contributed by atoms with Crippen molar-refractivity contribution in [2.75, 3.05) is 4.72 Å². The Balaban J connectivity index is 1.97. The minimum atomic E-state index is -3.98. The van der Waals surface area contributed by atoms with Crippen molar-refractivity contribution in [2.45, 2.75) is 11.8 Å². The fourth-order valence-corrected chi connectivity index (χ4v) is 3.61. The summed E-state index contributed by atoms with van der Waals surface area (Å²) in [7, 11) is -3.98. The number of halogens is 2. The van der Waals surface area contributed by atoms with Crippen molar-refractivity contribution in [1.29, 1.82) is 0 Å². The Morgan fingerprint density at radius 2 is 2.09 bits per heavy atom. The monoisotopic (exact) mass is 399 g/mol. The smallest absolute Gasteiger partial charge is 0.265 e. The van der Waals surface area contributed by atoms with Crippen molar-refractivity contribution in [3.05, 3.63) is 52.6 Å². The number of hydrogen-bond donors (Lipinski definition) is 2. The minimum Gasteiger partial charge on any atom is -0.458 e. The largest absolute Gasteiger partial charge is 0.458 e. The van der Waals surface area contributed by atoms with Crippen LogP contribution in [-0.2, 0) is 10.0 Å². The van der Waals surface area contributed by atoms with E-state index in [2.05, 4.69) is 30.8 Å². The molecule has 0 aliphatic rings. The maximum absolute atomic E-state index is 13.8. The standard InChI is InChI=1S/C14H11BrFN3O3S/c1-8-14(7-13(22-8)12-4-5-17-18-12)23(20,21)19-11-3-2-9(15)6-10(11)16/h2-7,19H,1H3,(H,17,18). The molecule has 2 aromatic heterocycles. The highest BCUT2D eigenvalue weighted by Crippen LogP contribution is 2.29. The van der Waals surface area contributed by atoms with Gasteiger partial charge in [-0.1, -0.05) is 15.9 Å². The van der Waals surface area contributed by atoms with Crippen LogP contribution in [0.5, 0.6) is 0 Å². The summed E-state index contributed by atoms with van der Waals surface area (Å²) in [5, 5.41) is 6.47. The maximum atomic E-state index is 13.8. The fourth-order valence-electron chi connectivity index (χ4n) is 2.03. The van der Waals surface area contributed by atoms with Crippen LogP contribution in [0.2, 0.25) is 0 Å². The molecular formula is C14H11BrFN3O3S. The van der Waals surface area contributed by atoms with Gasteiger partial charge in [-0.15, -0.1) is 0 Å². The molecule has 0 bridgehead atoms. The second kappa shape index (κ2) is 5.82. The van der Waals surface area contributed by atoms with Crippen LogP contribution in [0.25, 0.3) is 11.5 Å². The van der Waals surface area contributed by atoms with E-state index in [-0.39, 0.29) is 16.3 Å². The molecule has 0 radical (unpaired) electrons. The molecule has 0 spiro atoms. The van der Waals surface area contributed by atoms with Crippen LogP contribution in [-0.4, -0.2) is 18.6 Å². The first-order valence-corrected chi connectivity index (χ1v) is 8.72. The average molecular weight is 400 g/mol. The number of nitrogens with one attached hydrogen (secondary N) is 2. The van der Waals surface area contributed by atoms with Gasteiger partial charge < -0.3 is 4.42 Å². The Bertz CT molecular complexity index is 952. The molecule has 23 heavy (non-hydrogen) atoms. The van der Waals surface area contributed by atoms with E-state index in [1.165, 1.54) is 31.3 Å². The molecule has 0 saturated heterocycles. The SMILES string of the molecule is Cc1oc(-c2ccn[nH]2)cc1S(=O)(=O)Nc1ccc(Br)cc1F. The van der Waals surface area contributed by atoms with Crippen molar-refractivity contribution in [3.63, 3.8) is 0 Å². The second-order valence-corrected chi connectivity index (χ2v) is 7.30. The lowest BCUT2D eigenvalue weighted by Gasteiger charge is -2.08. The quantitative estimate of drug-likeness (QED) is 0.700. The molecule has 120 valence electrons. The van der Waals surface area contributed by atoms with E-state index >= 15 is 0 Å². The zero-order chi connectivity index (χ0) is 16.6. The third-order valence-electron chi connectivity index (χ3n) is 3.10. The molecule has 3 rings (SSSR count). The van der Waals surface area contributed by atoms with Gasteiger partial charge in [0.25, 0.3) is 10.0 Å². The first-order chi connectivity index (χ1) is 10.9. The number of sulfonamides is 1. The van der Waals surface area contributed by atoms with Gasteiger partial charge >= 0.3 is 0 Å². The highest BCUT2D eigenvalue weighted by Gasteiger charge is 2.23. The van der Waals surface area contributed by atoms with Crippen molar-refractivity contribution < 1.29 is 17.2 Å². The Morgan fingerprint density at radius 1 is 1.30 bits per heavy atom. The normalized spacial score (nSPS) is 11.6. The van der Waals surface area contributed by atoms with Crippen molar-refractivity contribution in [2.24, 2.45) is 0 Å².